The second-order valence-electron chi connectivity index (χ2n) is 4.79. The minimum atomic E-state index is -0.108. The zero-order valence-corrected chi connectivity index (χ0v) is 12.4. The molecule has 0 saturated heterocycles. The van der Waals surface area contributed by atoms with Crippen LogP contribution in [-0.2, 0) is 13.5 Å². The van der Waals surface area contributed by atoms with Gasteiger partial charge in [-0.05, 0) is 25.1 Å². The molecule has 0 spiro atoms. The topological polar surface area (TPSA) is 85.0 Å². The molecule has 0 unspecified atom stereocenters. The van der Waals surface area contributed by atoms with Gasteiger partial charge in [0, 0.05) is 44.5 Å². The highest BCUT2D eigenvalue weighted by Crippen LogP contribution is 2.19. The van der Waals surface area contributed by atoms with E-state index in [-0.39, 0.29) is 5.91 Å². The average molecular weight is 287 g/mol. The molecule has 1 aromatic heterocycles. The SMILES string of the molecule is CCNC(=O)c1ccc(NCCc2nccn2C)c(N)c1. The van der Waals surface area contributed by atoms with E-state index >= 15 is 0 Å². The van der Waals surface area contributed by atoms with Gasteiger partial charge in [0.1, 0.15) is 5.82 Å². The number of benzene rings is 1. The number of hydrogen-bond acceptors (Lipinski definition) is 4. The second kappa shape index (κ2) is 6.78. The number of imidazole rings is 1. The molecule has 0 atom stereocenters. The molecule has 6 nitrogen and oxygen atoms in total. The third-order valence-electron chi connectivity index (χ3n) is 3.24. The summed E-state index contributed by atoms with van der Waals surface area (Å²) in [5.41, 5.74) is 7.95. The Bertz CT molecular complexity index is 620. The summed E-state index contributed by atoms with van der Waals surface area (Å²) in [6.07, 6.45) is 4.51. The number of aromatic nitrogens is 2. The molecule has 0 aliphatic carbocycles. The van der Waals surface area contributed by atoms with Gasteiger partial charge >= 0.3 is 0 Å². The van der Waals surface area contributed by atoms with Crippen LogP contribution < -0.4 is 16.4 Å². The molecule has 1 heterocycles. The molecule has 0 aliphatic rings. The highest BCUT2D eigenvalue weighted by molar-refractivity contribution is 5.96. The van der Waals surface area contributed by atoms with Crippen molar-refractivity contribution in [2.45, 2.75) is 13.3 Å². The summed E-state index contributed by atoms with van der Waals surface area (Å²) >= 11 is 0. The number of nitrogens with one attached hydrogen (secondary N) is 2. The van der Waals surface area contributed by atoms with Crippen LogP contribution in [0.1, 0.15) is 23.1 Å². The van der Waals surface area contributed by atoms with E-state index in [9.17, 15) is 4.79 Å². The molecule has 112 valence electrons. The summed E-state index contributed by atoms with van der Waals surface area (Å²) < 4.78 is 1.99. The van der Waals surface area contributed by atoms with Gasteiger partial charge in [0.25, 0.3) is 5.91 Å². The fourth-order valence-corrected chi connectivity index (χ4v) is 2.07. The summed E-state index contributed by atoms with van der Waals surface area (Å²) in [6.45, 7) is 3.22. The van der Waals surface area contributed by atoms with Gasteiger partial charge < -0.3 is 20.9 Å². The summed E-state index contributed by atoms with van der Waals surface area (Å²) in [4.78, 5) is 16.0. The number of rotatable bonds is 6. The van der Waals surface area contributed by atoms with E-state index in [2.05, 4.69) is 15.6 Å². The molecule has 0 saturated carbocycles. The summed E-state index contributed by atoms with van der Waals surface area (Å²) in [5.74, 6) is 0.906. The molecular formula is C15H21N5O. The van der Waals surface area contributed by atoms with Crippen LogP contribution in [0.25, 0.3) is 0 Å². The first-order valence-corrected chi connectivity index (χ1v) is 6.99. The predicted molar refractivity (Wildman–Crippen MR) is 84.3 cm³/mol. The molecule has 2 aromatic rings. The lowest BCUT2D eigenvalue weighted by Crippen LogP contribution is -2.22. The number of aryl methyl sites for hydroxylation is 1. The van der Waals surface area contributed by atoms with E-state index in [1.54, 1.807) is 18.3 Å². The Morgan fingerprint density at radius 2 is 2.24 bits per heavy atom. The zero-order valence-electron chi connectivity index (χ0n) is 12.4. The van der Waals surface area contributed by atoms with Crippen LogP contribution in [0.15, 0.2) is 30.6 Å². The fraction of sp³-hybridized carbons (Fsp3) is 0.333. The van der Waals surface area contributed by atoms with Gasteiger partial charge in [-0.15, -0.1) is 0 Å². The first-order chi connectivity index (χ1) is 10.1. The van der Waals surface area contributed by atoms with Crippen molar-refractivity contribution in [3.8, 4) is 0 Å². The van der Waals surface area contributed by atoms with Crippen LogP contribution in [0.5, 0.6) is 0 Å². The number of anilines is 2. The molecule has 0 bridgehead atoms. The van der Waals surface area contributed by atoms with E-state index in [1.165, 1.54) is 0 Å². The maximum Gasteiger partial charge on any atom is 0.251 e. The minimum Gasteiger partial charge on any atom is -0.397 e. The first kappa shape index (κ1) is 14.9. The molecule has 4 N–H and O–H groups in total. The second-order valence-corrected chi connectivity index (χ2v) is 4.79. The number of hydrogen-bond donors (Lipinski definition) is 3. The lowest BCUT2D eigenvalue weighted by Gasteiger charge is -2.11. The minimum absolute atomic E-state index is 0.108. The Hall–Kier alpha value is -2.50. The highest BCUT2D eigenvalue weighted by atomic mass is 16.1. The van der Waals surface area contributed by atoms with Crippen molar-refractivity contribution in [3.05, 3.63) is 42.0 Å². The average Bonchev–Trinajstić information content (AvgIpc) is 2.86. The Labute approximate surface area is 124 Å². The quantitative estimate of drug-likeness (QED) is 0.701. The van der Waals surface area contributed by atoms with Gasteiger partial charge in [0.2, 0.25) is 0 Å². The van der Waals surface area contributed by atoms with Gasteiger partial charge in [-0.25, -0.2) is 4.98 Å². The molecular weight excluding hydrogens is 266 g/mol. The number of amides is 1. The van der Waals surface area contributed by atoms with Crippen LogP contribution in [0.4, 0.5) is 11.4 Å². The van der Waals surface area contributed by atoms with Gasteiger partial charge in [0.15, 0.2) is 0 Å². The Kier molecular flexibility index (Phi) is 4.81. The van der Waals surface area contributed by atoms with Crippen LogP contribution in [-0.4, -0.2) is 28.5 Å². The smallest absolute Gasteiger partial charge is 0.251 e. The first-order valence-electron chi connectivity index (χ1n) is 6.99. The maximum absolute atomic E-state index is 11.7. The van der Waals surface area contributed by atoms with Crippen molar-refractivity contribution in [1.82, 2.24) is 14.9 Å². The van der Waals surface area contributed by atoms with E-state index in [0.717, 1.165) is 24.5 Å². The number of nitrogen functional groups attached to an aromatic ring is 1. The number of carbonyl (C=O) groups excluding carboxylic acids is 1. The van der Waals surface area contributed by atoms with Crippen molar-refractivity contribution in [2.75, 3.05) is 24.1 Å². The Morgan fingerprint density at radius 1 is 1.43 bits per heavy atom. The van der Waals surface area contributed by atoms with Crippen molar-refractivity contribution in [3.63, 3.8) is 0 Å². The third-order valence-corrected chi connectivity index (χ3v) is 3.24. The van der Waals surface area contributed by atoms with E-state index in [1.807, 2.05) is 30.8 Å². The van der Waals surface area contributed by atoms with Gasteiger partial charge in [-0.2, -0.15) is 0 Å². The summed E-state index contributed by atoms with van der Waals surface area (Å²) in [6, 6.07) is 5.29. The van der Waals surface area contributed by atoms with Crippen LogP contribution in [0, 0.1) is 0 Å². The summed E-state index contributed by atoms with van der Waals surface area (Å²) in [7, 11) is 1.97. The van der Waals surface area contributed by atoms with E-state index in [4.69, 9.17) is 5.73 Å². The van der Waals surface area contributed by atoms with Gasteiger partial charge in [-0.3, -0.25) is 4.79 Å². The molecule has 1 amide bonds. The molecule has 0 aliphatic heterocycles. The lowest BCUT2D eigenvalue weighted by atomic mass is 10.1. The van der Waals surface area contributed by atoms with Crippen LogP contribution in [0.3, 0.4) is 0 Å². The third kappa shape index (κ3) is 3.75. The normalized spacial score (nSPS) is 10.4. The number of nitrogens with two attached hydrogens (primary N) is 1. The van der Waals surface area contributed by atoms with Crippen molar-refractivity contribution < 1.29 is 4.79 Å². The van der Waals surface area contributed by atoms with Crippen LogP contribution >= 0.6 is 0 Å². The molecule has 0 fully saturated rings. The van der Waals surface area contributed by atoms with E-state index < -0.39 is 0 Å². The van der Waals surface area contributed by atoms with Crippen LogP contribution in [0.2, 0.25) is 0 Å². The molecule has 0 radical (unpaired) electrons. The fourth-order valence-electron chi connectivity index (χ4n) is 2.07. The molecule has 6 heteroatoms. The Balaban J connectivity index is 1.95. The number of carbonyl (C=O) groups is 1. The van der Waals surface area contributed by atoms with Gasteiger partial charge in [0.05, 0.1) is 11.4 Å². The standard InChI is InChI=1S/C15H21N5O/c1-3-17-15(21)11-4-5-13(12(16)10-11)18-7-6-14-19-8-9-20(14)2/h4-5,8-10,18H,3,6-7,16H2,1-2H3,(H,17,21). The molecule has 21 heavy (non-hydrogen) atoms. The summed E-state index contributed by atoms with van der Waals surface area (Å²) in [5, 5.41) is 6.02. The zero-order chi connectivity index (χ0) is 15.2. The van der Waals surface area contributed by atoms with Gasteiger partial charge in [-0.1, -0.05) is 0 Å². The molecule has 1 aromatic carbocycles. The maximum atomic E-state index is 11.7. The van der Waals surface area contributed by atoms with Crippen molar-refractivity contribution in [1.29, 1.82) is 0 Å². The molecule has 2 rings (SSSR count). The predicted octanol–water partition coefficient (Wildman–Crippen LogP) is 1.41. The van der Waals surface area contributed by atoms with E-state index in [0.29, 0.717) is 17.8 Å². The largest absolute Gasteiger partial charge is 0.397 e. The Morgan fingerprint density at radius 3 is 2.86 bits per heavy atom. The lowest BCUT2D eigenvalue weighted by molar-refractivity contribution is 0.0956. The monoisotopic (exact) mass is 287 g/mol. The van der Waals surface area contributed by atoms with Crippen molar-refractivity contribution in [2.24, 2.45) is 7.05 Å². The highest BCUT2D eigenvalue weighted by Gasteiger charge is 2.07. The number of nitrogens with zero attached hydrogens (tertiary/aromatic N) is 2. The van der Waals surface area contributed by atoms with Crippen molar-refractivity contribution >= 4 is 17.3 Å².